The summed E-state index contributed by atoms with van der Waals surface area (Å²) in [5, 5.41) is 9.08. The van der Waals surface area contributed by atoms with Crippen LogP contribution >= 0.6 is 27.3 Å². The maximum Gasteiger partial charge on any atom is 0.268 e. The topological polar surface area (TPSA) is 125 Å². The fourth-order valence-electron chi connectivity index (χ4n) is 2.41. The Balaban J connectivity index is 1.97. The maximum atomic E-state index is 11.4. The lowest BCUT2D eigenvalue weighted by atomic mass is 9.99. The largest absolute Gasteiger partial charge is 0.333 e. The molecular weight excluding hydrogens is 380 g/mol. The first kappa shape index (κ1) is 15.1. The molecule has 2 heterocycles. The number of primary sulfonamides is 1. The molecule has 1 fully saturated rings. The third-order valence-corrected chi connectivity index (χ3v) is 6.69. The molecule has 2 aromatic rings. The molecule has 21 heavy (non-hydrogen) atoms. The number of rotatable bonds is 3. The van der Waals surface area contributed by atoms with Gasteiger partial charge in [-0.2, -0.15) is 4.98 Å². The normalized spacial score (nSPS) is 18.2. The Bertz CT molecular complexity index is 777. The van der Waals surface area contributed by atoms with Gasteiger partial charge in [0.05, 0.1) is 14.2 Å². The highest BCUT2D eigenvalue weighted by Crippen LogP contribution is 2.39. The minimum absolute atomic E-state index is 0.00516. The molecule has 2 aromatic heterocycles. The van der Waals surface area contributed by atoms with E-state index in [0.717, 1.165) is 25.7 Å². The number of hydrogen-bond donors (Lipinski definition) is 2. The molecule has 0 saturated heterocycles. The van der Waals surface area contributed by atoms with Crippen LogP contribution in [0.15, 0.2) is 19.3 Å². The molecule has 0 unspecified atom stereocenters. The minimum atomic E-state index is -3.79. The van der Waals surface area contributed by atoms with Gasteiger partial charge in [-0.05, 0) is 34.8 Å². The Labute approximate surface area is 133 Å². The molecule has 0 aliphatic heterocycles. The highest BCUT2D eigenvalue weighted by molar-refractivity contribution is 9.11. The molecule has 3 rings (SSSR count). The van der Waals surface area contributed by atoms with Crippen molar-refractivity contribution in [2.24, 2.45) is 10.9 Å². The molecule has 1 aliphatic rings. The quantitative estimate of drug-likeness (QED) is 0.821. The molecule has 114 valence electrons. The van der Waals surface area contributed by atoms with Gasteiger partial charge in [0.1, 0.15) is 4.90 Å². The van der Waals surface area contributed by atoms with Crippen LogP contribution in [0.4, 0.5) is 0 Å². The Morgan fingerprint density at radius 2 is 2.05 bits per heavy atom. The van der Waals surface area contributed by atoms with E-state index in [1.54, 1.807) is 0 Å². The van der Waals surface area contributed by atoms with Gasteiger partial charge >= 0.3 is 0 Å². The molecule has 4 N–H and O–H groups in total. The first-order valence-corrected chi connectivity index (χ1v) is 9.41. The van der Waals surface area contributed by atoms with Gasteiger partial charge in [-0.1, -0.05) is 18.0 Å². The van der Waals surface area contributed by atoms with Gasteiger partial charge in [-0.25, -0.2) is 13.6 Å². The molecule has 1 saturated carbocycles. The van der Waals surface area contributed by atoms with Gasteiger partial charge in [0, 0.05) is 0 Å². The number of halogens is 1. The summed E-state index contributed by atoms with van der Waals surface area (Å²) in [4.78, 5) is 4.86. The van der Waals surface area contributed by atoms with E-state index < -0.39 is 15.6 Å². The van der Waals surface area contributed by atoms with Gasteiger partial charge in [0.15, 0.2) is 5.82 Å². The SMILES string of the molecule is NC1(c2noc(-c3cc(S(N)(=O)=O)c(Br)s3)n2)CCCC1. The summed E-state index contributed by atoms with van der Waals surface area (Å²) in [6.07, 6.45) is 3.73. The zero-order valence-electron chi connectivity index (χ0n) is 10.9. The summed E-state index contributed by atoms with van der Waals surface area (Å²) in [7, 11) is -3.79. The Hall–Kier alpha value is -0.810. The Morgan fingerprint density at radius 1 is 1.38 bits per heavy atom. The molecule has 0 aromatic carbocycles. The summed E-state index contributed by atoms with van der Waals surface area (Å²) in [6, 6.07) is 1.42. The average molecular weight is 393 g/mol. The minimum Gasteiger partial charge on any atom is -0.333 e. The molecule has 0 amide bonds. The first-order valence-electron chi connectivity index (χ1n) is 6.25. The summed E-state index contributed by atoms with van der Waals surface area (Å²) in [6.45, 7) is 0. The van der Waals surface area contributed by atoms with Crippen molar-refractivity contribution < 1.29 is 12.9 Å². The second kappa shape index (κ2) is 5.13. The number of sulfonamides is 1. The number of thiophene rings is 1. The van der Waals surface area contributed by atoms with Crippen molar-refractivity contribution in [2.45, 2.75) is 36.1 Å². The Kier molecular flexibility index (Phi) is 3.69. The lowest BCUT2D eigenvalue weighted by Crippen LogP contribution is -2.34. The van der Waals surface area contributed by atoms with E-state index in [0.29, 0.717) is 14.5 Å². The zero-order chi connectivity index (χ0) is 15.3. The van der Waals surface area contributed by atoms with Crippen LogP contribution in [-0.2, 0) is 15.6 Å². The fraction of sp³-hybridized carbons (Fsp3) is 0.455. The standard InChI is InChI=1S/C11H13BrN4O3S2/c12-8-7(21(14,17)18)5-6(20-8)9-15-10(16-19-9)11(13)3-1-2-4-11/h5H,1-4,13H2,(H2,14,17,18). The van der Waals surface area contributed by atoms with Gasteiger partial charge < -0.3 is 10.3 Å². The van der Waals surface area contributed by atoms with Crippen molar-refractivity contribution in [3.05, 3.63) is 15.7 Å². The number of nitrogens with two attached hydrogens (primary N) is 2. The lowest BCUT2D eigenvalue weighted by molar-refractivity contribution is 0.373. The first-order chi connectivity index (χ1) is 9.79. The third-order valence-electron chi connectivity index (χ3n) is 3.54. The Morgan fingerprint density at radius 3 is 2.62 bits per heavy atom. The van der Waals surface area contributed by atoms with Crippen LogP contribution in [0, 0.1) is 0 Å². The second-order valence-electron chi connectivity index (χ2n) is 5.08. The van der Waals surface area contributed by atoms with Crippen molar-refractivity contribution in [2.75, 3.05) is 0 Å². The maximum absolute atomic E-state index is 11.4. The van der Waals surface area contributed by atoms with E-state index in [1.165, 1.54) is 17.4 Å². The highest BCUT2D eigenvalue weighted by atomic mass is 79.9. The van der Waals surface area contributed by atoms with E-state index in [1.807, 2.05) is 0 Å². The van der Waals surface area contributed by atoms with Crippen molar-refractivity contribution in [3.8, 4) is 10.8 Å². The number of hydrogen-bond acceptors (Lipinski definition) is 7. The van der Waals surface area contributed by atoms with E-state index in [-0.39, 0.29) is 10.8 Å². The summed E-state index contributed by atoms with van der Waals surface area (Å²) >= 11 is 4.35. The average Bonchev–Trinajstić information content (AvgIpc) is 3.05. The molecule has 7 nitrogen and oxygen atoms in total. The van der Waals surface area contributed by atoms with E-state index in [4.69, 9.17) is 15.4 Å². The van der Waals surface area contributed by atoms with Crippen molar-refractivity contribution in [1.29, 1.82) is 0 Å². The summed E-state index contributed by atoms with van der Waals surface area (Å²) in [5.41, 5.74) is 5.73. The van der Waals surface area contributed by atoms with Crippen LogP contribution in [0.2, 0.25) is 0 Å². The highest BCUT2D eigenvalue weighted by Gasteiger charge is 2.36. The molecule has 0 spiro atoms. The fourth-order valence-corrected chi connectivity index (χ4v) is 5.47. The van der Waals surface area contributed by atoms with E-state index >= 15 is 0 Å². The van der Waals surface area contributed by atoms with Crippen LogP contribution < -0.4 is 10.9 Å². The smallest absolute Gasteiger partial charge is 0.268 e. The van der Waals surface area contributed by atoms with E-state index in [2.05, 4.69) is 26.1 Å². The van der Waals surface area contributed by atoms with E-state index in [9.17, 15) is 8.42 Å². The van der Waals surface area contributed by atoms with Gasteiger partial charge in [0.2, 0.25) is 10.0 Å². The molecule has 0 atom stereocenters. The van der Waals surface area contributed by atoms with Crippen molar-refractivity contribution >= 4 is 37.3 Å². The lowest BCUT2D eigenvalue weighted by Gasteiger charge is -2.17. The third kappa shape index (κ3) is 2.78. The van der Waals surface area contributed by atoms with Gasteiger partial charge in [-0.15, -0.1) is 11.3 Å². The van der Waals surface area contributed by atoms with Crippen LogP contribution in [-0.4, -0.2) is 18.6 Å². The molecule has 1 aliphatic carbocycles. The summed E-state index contributed by atoms with van der Waals surface area (Å²) < 4.78 is 28.5. The van der Waals surface area contributed by atoms with Crippen LogP contribution in [0.3, 0.4) is 0 Å². The summed E-state index contributed by atoms with van der Waals surface area (Å²) in [5.74, 6) is 0.721. The monoisotopic (exact) mass is 392 g/mol. The van der Waals surface area contributed by atoms with Crippen molar-refractivity contribution in [1.82, 2.24) is 10.1 Å². The van der Waals surface area contributed by atoms with Gasteiger partial charge in [-0.3, -0.25) is 0 Å². The number of nitrogens with zero attached hydrogens (tertiary/aromatic N) is 2. The molecule has 0 radical (unpaired) electrons. The molecule has 10 heteroatoms. The second-order valence-corrected chi connectivity index (χ2v) is 8.98. The molecule has 0 bridgehead atoms. The van der Waals surface area contributed by atoms with Crippen molar-refractivity contribution in [3.63, 3.8) is 0 Å². The zero-order valence-corrected chi connectivity index (χ0v) is 14.1. The predicted octanol–water partition coefficient (Wildman–Crippen LogP) is 1.94. The number of aromatic nitrogens is 2. The van der Waals surface area contributed by atoms with Crippen LogP contribution in [0.1, 0.15) is 31.5 Å². The van der Waals surface area contributed by atoms with Crippen LogP contribution in [0.5, 0.6) is 0 Å². The predicted molar refractivity (Wildman–Crippen MR) is 81.0 cm³/mol. The molecular formula is C11H13BrN4O3S2. The van der Waals surface area contributed by atoms with Crippen LogP contribution in [0.25, 0.3) is 10.8 Å². The van der Waals surface area contributed by atoms with Gasteiger partial charge in [0.25, 0.3) is 5.89 Å².